The van der Waals surface area contributed by atoms with Crippen LogP contribution >= 0.6 is 0 Å². The first-order chi connectivity index (χ1) is 7.72. The molecule has 1 rings (SSSR count). The molecule has 0 aliphatic heterocycles. The van der Waals surface area contributed by atoms with Gasteiger partial charge in [-0.05, 0) is 18.1 Å². The Bertz CT molecular complexity index is 352. The van der Waals surface area contributed by atoms with E-state index in [9.17, 15) is 4.79 Å². The van der Waals surface area contributed by atoms with Gasteiger partial charge < -0.3 is 15.2 Å². The molecule has 16 heavy (non-hydrogen) atoms. The third-order valence-electron chi connectivity index (χ3n) is 2.48. The lowest BCUT2D eigenvalue weighted by Crippen LogP contribution is -2.26. The van der Waals surface area contributed by atoms with E-state index in [1.165, 1.54) is 7.11 Å². The molecule has 0 aromatic heterocycles. The molecule has 0 heterocycles. The van der Waals surface area contributed by atoms with E-state index in [1.54, 1.807) is 7.11 Å². The number of nitrogens with two attached hydrogens (primary N) is 1. The fraction of sp³-hybridized carbons (Fsp3) is 0.417. The van der Waals surface area contributed by atoms with Gasteiger partial charge in [0.15, 0.2) is 0 Å². The number of benzene rings is 1. The fourth-order valence-electron chi connectivity index (χ4n) is 1.57. The number of hydrogen-bond acceptors (Lipinski definition) is 4. The van der Waals surface area contributed by atoms with Crippen LogP contribution in [0.2, 0.25) is 0 Å². The minimum absolute atomic E-state index is 0.269. The first-order valence-corrected chi connectivity index (χ1v) is 5.12. The van der Waals surface area contributed by atoms with E-state index in [-0.39, 0.29) is 18.4 Å². The average molecular weight is 223 g/mol. The van der Waals surface area contributed by atoms with E-state index in [1.807, 2.05) is 24.3 Å². The van der Waals surface area contributed by atoms with Crippen molar-refractivity contribution >= 4 is 5.97 Å². The zero-order valence-electron chi connectivity index (χ0n) is 9.60. The van der Waals surface area contributed by atoms with Gasteiger partial charge in [0, 0.05) is 6.54 Å². The Labute approximate surface area is 95.3 Å². The molecule has 0 spiro atoms. The van der Waals surface area contributed by atoms with Crippen molar-refractivity contribution in [2.45, 2.75) is 6.42 Å². The number of hydrogen-bond donors (Lipinski definition) is 1. The van der Waals surface area contributed by atoms with Crippen molar-refractivity contribution < 1.29 is 14.3 Å². The minimum atomic E-state index is -0.318. The summed E-state index contributed by atoms with van der Waals surface area (Å²) in [4.78, 5) is 11.4. The lowest BCUT2D eigenvalue weighted by molar-refractivity contribution is -0.145. The number of rotatable bonds is 5. The highest BCUT2D eigenvalue weighted by Crippen LogP contribution is 2.21. The van der Waals surface area contributed by atoms with Crippen molar-refractivity contribution in [3.63, 3.8) is 0 Å². The standard InChI is InChI=1S/C12H17NO3/c1-15-11-6-4-3-5-9(11)7-10(8-13)12(14)16-2/h3-6,10H,7-8,13H2,1-2H3/t10-/m1/s1. The molecular formula is C12H17NO3. The van der Waals surface area contributed by atoms with Crippen LogP contribution in [0.15, 0.2) is 24.3 Å². The number of carbonyl (C=O) groups excluding carboxylic acids is 1. The fourth-order valence-corrected chi connectivity index (χ4v) is 1.57. The zero-order chi connectivity index (χ0) is 12.0. The van der Waals surface area contributed by atoms with Gasteiger partial charge in [0.1, 0.15) is 5.75 Å². The second kappa shape index (κ2) is 6.12. The largest absolute Gasteiger partial charge is 0.496 e. The van der Waals surface area contributed by atoms with Gasteiger partial charge in [0.25, 0.3) is 0 Å². The number of carbonyl (C=O) groups is 1. The lowest BCUT2D eigenvalue weighted by atomic mass is 9.99. The van der Waals surface area contributed by atoms with Crippen LogP contribution in [0.3, 0.4) is 0 Å². The summed E-state index contributed by atoms with van der Waals surface area (Å²) in [5.41, 5.74) is 6.51. The van der Waals surface area contributed by atoms with Crippen molar-refractivity contribution in [2.24, 2.45) is 11.7 Å². The summed E-state index contributed by atoms with van der Waals surface area (Å²) in [7, 11) is 2.97. The number of ether oxygens (including phenoxy) is 2. The van der Waals surface area contributed by atoms with Gasteiger partial charge in [-0.2, -0.15) is 0 Å². The summed E-state index contributed by atoms with van der Waals surface area (Å²) in [5, 5.41) is 0. The summed E-state index contributed by atoms with van der Waals surface area (Å²) in [6, 6.07) is 7.57. The predicted octanol–water partition coefficient (Wildman–Crippen LogP) is 0.986. The van der Waals surface area contributed by atoms with Crippen molar-refractivity contribution in [3.8, 4) is 5.75 Å². The maximum absolute atomic E-state index is 11.4. The van der Waals surface area contributed by atoms with E-state index in [4.69, 9.17) is 10.5 Å². The van der Waals surface area contributed by atoms with Crippen molar-refractivity contribution in [3.05, 3.63) is 29.8 Å². The maximum atomic E-state index is 11.4. The third-order valence-corrected chi connectivity index (χ3v) is 2.48. The Morgan fingerprint density at radius 3 is 2.62 bits per heavy atom. The van der Waals surface area contributed by atoms with Gasteiger partial charge in [0.05, 0.1) is 20.1 Å². The van der Waals surface area contributed by atoms with E-state index in [0.717, 1.165) is 11.3 Å². The first kappa shape index (κ1) is 12.5. The summed E-state index contributed by atoms with van der Waals surface area (Å²) in [6.07, 6.45) is 0.535. The number of para-hydroxylation sites is 1. The molecule has 88 valence electrons. The van der Waals surface area contributed by atoms with Crippen molar-refractivity contribution in [2.75, 3.05) is 20.8 Å². The molecule has 4 heteroatoms. The highest BCUT2D eigenvalue weighted by molar-refractivity contribution is 5.73. The van der Waals surface area contributed by atoms with Gasteiger partial charge in [-0.15, -0.1) is 0 Å². The predicted molar refractivity (Wildman–Crippen MR) is 61.3 cm³/mol. The Morgan fingerprint density at radius 1 is 1.38 bits per heavy atom. The normalized spacial score (nSPS) is 11.9. The van der Waals surface area contributed by atoms with E-state index < -0.39 is 0 Å². The second-order valence-corrected chi connectivity index (χ2v) is 3.47. The summed E-state index contributed by atoms with van der Waals surface area (Å²) in [5.74, 6) is 0.166. The topological polar surface area (TPSA) is 61.5 Å². The highest BCUT2D eigenvalue weighted by Gasteiger charge is 2.19. The third kappa shape index (κ3) is 2.97. The molecule has 0 unspecified atom stereocenters. The Kier molecular flexibility index (Phi) is 4.79. The van der Waals surface area contributed by atoms with E-state index in [0.29, 0.717) is 6.42 Å². The molecule has 0 amide bonds. The molecule has 4 nitrogen and oxygen atoms in total. The molecule has 1 atom stereocenters. The summed E-state index contributed by atoms with van der Waals surface area (Å²) >= 11 is 0. The van der Waals surface area contributed by atoms with Gasteiger partial charge in [0.2, 0.25) is 0 Å². The molecule has 0 saturated carbocycles. The molecule has 0 fully saturated rings. The smallest absolute Gasteiger partial charge is 0.310 e. The van der Waals surface area contributed by atoms with Crippen LogP contribution in [0.5, 0.6) is 5.75 Å². The van der Waals surface area contributed by atoms with Crippen molar-refractivity contribution in [1.82, 2.24) is 0 Å². The molecule has 0 radical (unpaired) electrons. The number of esters is 1. The molecular weight excluding hydrogens is 206 g/mol. The van der Waals surface area contributed by atoms with Gasteiger partial charge in [-0.25, -0.2) is 0 Å². The Balaban J connectivity index is 2.81. The summed E-state index contributed by atoms with van der Waals surface area (Å²) < 4.78 is 9.90. The molecule has 0 bridgehead atoms. The minimum Gasteiger partial charge on any atom is -0.496 e. The van der Waals surface area contributed by atoms with Gasteiger partial charge in [-0.1, -0.05) is 18.2 Å². The SMILES string of the molecule is COC(=O)[C@@H](CN)Cc1ccccc1OC. The quantitative estimate of drug-likeness (QED) is 0.756. The maximum Gasteiger partial charge on any atom is 0.310 e. The second-order valence-electron chi connectivity index (χ2n) is 3.47. The van der Waals surface area contributed by atoms with Gasteiger partial charge in [-0.3, -0.25) is 4.79 Å². The van der Waals surface area contributed by atoms with Crippen LogP contribution in [0.25, 0.3) is 0 Å². The van der Waals surface area contributed by atoms with E-state index in [2.05, 4.69) is 4.74 Å². The van der Waals surface area contributed by atoms with Crippen molar-refractivity contribution in [1.29, 1.82) is 0 Å². The molecule has 2 N–H and O–H groups in total. The first-order valence-electron chi connectivity index (χ1n) is 5.12. The molecule has 0 saturated heterocycles. The van der Waals surface area contributed by atoms with E-state index >= 15 is 0 Å². The van der Waals surface area contributed by atoms with Crippen LogP contribution in [0.1, 0.15) is 5.56 Å². The monoisotopic (exact) mass is 223 g/mol. The molecule has 1 aromatic carbocycles. The van der Waals surface area contributed by atoms with Gasteiger partial charge >= 0.3 is 5.97 Å². The van der Waals surface area contributed by atoms with Crippen LogP contribution in [0.4, 0.5) is 0 Å². The Hall–Kier alpha value is -1.55. The van der Waals surface area contributed by atoms with Crippen LogP contribution < -0.4 is 10.5 Å². The molecule has 1 aromatic rings. The highest BCUT2D eigenvalue weighted by atomic mass is 16.5. The van der Waals surface area contributed by atoms with Crippen LogP contribution in [-0.2, 0) is 16.0 Å². The summed E-state index contributed by atoms with van der Waals surface area (Å²) in [6.45, 7) is 0.269. The molecule has 0 aliphatic rings. The lowest BCUT2D eigenvalue weighted by Gasteiger charge is -2.14. The van der Waals surface area contributed by atoms with Crippen LogP contribution in [0, 0.1) is 5.92 Å². The number of methoxy groups -OCH3 is 2. The molecule has 0 aliphatic carbocycles. The average Bonchev–Trinajstić information content (AvgIpc) is 2.35. The zero-order valence-corrected chi connectivity index (χ0v) is 9.60. The Morgan fingerprint density at radius 2 is 2.06 bits per heavy atom. The van der Waals surface area contributed by atoms with Crippen LogP contribution in [-0.4, -0.2) is 26.7 Å².